The van der Waals surface area contributed by atoms with Gasteiger partial charge >= 0.3 is 0 Å². The number of amides is 3. The van der Waals surface area contributed by atoms with E-state index < -0.39 is 0 Å². The SMILES string of the molecule is Cc1c(C(=O)NCCCCNCc2cccc(C(=O)NCCCCNC(=O)c3nn(-c4ccc(Cl)cc4Cl)c(-c4ccc(Cl)cc4)c3C)c2)nn(-c2ccc(Cl)cc2Cl)c1-c1ccc(Cl)cc1. The highest BCUT2D eigenvalue weighted by molar-refractivity contribution is 6.36. The lowest BCUT2D eigenvalue weighted by atomic mass is 10.1. The van der Waals surface area contributed by atoms with Crippen LogP contribution in [0.15, 0.2) is 109 Å². The fourth-order valence-corrected chi connectivity index (χ4v) is 8.76. The van der Waals surface area contributed by atoms with Crippen molar-refractivity contribution in [2.75, 3.05) is 26.2 Å². The van der Waals surface area contributed by atoms with Crippen LogP contribution in [0.1, 0.15) is 73.7 Å². The van der Waals surface area contributed by atoms with Gasteiger partial charge in [-0.2, -0.15) is 10.2 Å². The average molecular weight is 1020 g/mol. The van der Waals surface area contributed by atoms with Crippen molar-refractivity contribution in [1.82, 2.24) is 40.8 Å². The van der Waals surface area contributed by atoms with Crippen LogP contribution in [-0.4, -0.2) is 63.5 Å². The number of hydrogen-bond donors (Lipinski definition) is 4. The van der Waals surface area contributed by atoms with Crippen LogP contribution in [0.25, 0.3) is 33.9 Å². The fraction of sp³-hybridized carbons (Fsp3) is 0.220. The molecule has 2 aromatic heterocycles. The highest BCUT2D eigenvalue weighted by atomic mass is 35.5. The van der Waals surface area contributed by atoms with E-state index in [1.165, 1.54) is 0 Å². The molecule has 7 rings (SSSR count). The topological polar surface area (TPSA) is 135 Å². The molecule has 0 unspecified atom stereocenters. The van der Waals surface area contributed by atoms with Crippen LogP contribution in [-0.2, 0) is 6.54 Å². The van der Waals surface area contributed by atoms with Gasteiger partial charge in [-0.15, -0.1) is 0 Å². The van der Waals surface area contributed by atoms with Crippen LogP contribution < -0.4 is 21.3 Å². The van der Waals surface area contributed by atoms with Crippen molar-refractivity contribution in [3.05, 3.63) is 173 Å². The summed E-state index contributed by atoms with van der Waals surface area (Å²) in [4.78, 5) is 39.9. The second-order valence-corrected chi connectivity index (χ2v) is 18.3. The summed E-state index contributed by atoms with van der Waals surface area (Å²) in [6.07, 6.45) is 2.85. The molecule has 17 heteroatoms. The first-order valence-corrected chi connectivity index (χ1v) is 23.8. The third-order valence-electron chi connectivity index (χ3n) is 10.9. The van der Waals surface area contributed by atoms with Crippen LogP contribution >= 0.6 is 69.6 Å². The number of nitrogens with one attached hydrogen (secondary N) is 4. The summed E-state index contributed by atoms with van der Waals surface area (Å²) in [5, 5.41) is 24.7. The van der Waals surface area contributed by atoms with E-state index in [2.05, 4.69) is 26.4 Å². The first-order valence-electron chi connectivity index (χ1n) is 21.5. The number of benzene rings is 5. The van der Waals surface area contributed by atoms with Gasteiger partial charge in [0.05, 0.1) is 32.8 Å². The summed E-state index contributed by atoms with van der Waals surface area (Å²) < 4.78 is 3.32. The van der Waals surface area contributed by atoms with Gasteiger partial charge in [-0.05, 0) is 124 Å². The standard InChI is InChI=1S/C50H46Cl6N8O3/c1-30-44(61-63(42-20-18-38(53)27-40(42)55)46(30)33-10-14-36(51)15-11-33)49(66)59-24-4-3-22-57-29-32-8-7-9-35(26-32)48(65)58-23-5-6-25-60-50(67)45-31(2)47(34-12-16-37(52)17-13-34)64(62-45)43-21-19-39(54)28-41(43)56/h7-21,26-28,57H,3-6,22-25,29H2,1-2H3,(H,58,65)(H,59,66)(H,60,67). The lowest BCUT2D eigenvalue weighted by Gasteiger charge is -2.11. The number of rotatable bonds is 19. The summed E-state index contributed by atoms with van der Waals surface area (Å²) in [5.41, 5.74) is 7.74. The van der Waals surface area contributed by atoms with Gasteiger partial charge in [0.25, 0.3) is 17.7 Å². The summed E-state index contributed by atoms with van der Waals surface area (Å²) in [5.74, 6) is -0.776. The maximum absolute atomic E-state index is 13.4. The summed E-state index contributed by atoms with van der Waals surface area (Å²) in [6, 6.07) is 32.3. The molecule has 0 radical (unpaired) electrons. The number of nitrogens with zero attached hydrogens (tertiary/aromatic N) is 4. The molecule has 0 fully saturated rings. The number of hydrogen-bond acceptors (Lipinski definition) is 6. The van der Waals surface area contributed by atoms with Crippen molar-refractivity contribution in [3.8, 4) is 33.9 Å². The second kappa shape index (κ2) is 23.1. The molecule has 4 N–H and O–H groups in total. The molecule has 7 aromatic rings. The van der Waals surface area contributed by atoms with Gasteiger partial charge in [-0.3, -0.25) is 14.4 Å². The Morgan fingerprint density at radius 1 is 0.493 bits per heavy atom. The van der Waals surface area contributed by atoms with Crippen LogP contribution in [0.4, 0.5) is 0 Å². The highest BCUT2D eigenvalue weighted by Crippen LogP contribution is 2.35. The van der Waals surface area contributed by atoms with Gasteiger partial charge in [0.2, 0.25) is 0 Å². The molecule has 5 aromatic carbocycles. The van der Waals surface area contributed by atoms with E-state index in [-0.39, 0.29) is 23.4 Å². The van der Waals surface area contributed by atoms with Gasteiger partial charge in [0.15, 0.2) is 11.4 Å². The quantitative estimate of drug-likeness (QED) is 0.0596. The zero-order valence-electron chi connectivity index (χ0n) is 36.5. The van der Waals surface area contributed by atoms with Crippen molar-refractivity contribution < 1.29 is 14.4 Å². The molecule has 0 saturated heterocycles. The molecule has 0 atom stereocenters. The molecule has 0 spiro atoms. The largest absolute Gasteiger partial charge is 0.352 e. The Morgan fingerprint density at radius 2 is 0.910 bits per heavy atom. The van der Waals surface area contributed by atoms with Gasteiger partial charge in [-0.25, -0.2) is 9.36 Å². The number of carbonyl (C=O) groups excluding carboxylic acids is 3. The lowest BCUT2D eigenvalue weighted by Crippen LogP contribution is -2.28. The van der Waals surface area contributed by atoms with Crippen LogP contribution in [0.3, 0.4) is 0 Å². The first-order chi connectivity index (χ1) is 32.3. The van der Waals surface area contributed by atoms with E-state index in [0.717, 1.165) is 35.2 Å². The normalized spacial score (nSPS) is 11.2. The zero-order chi connectivity index (χ0) is 47.6. The van der Waals surface area contributed by atoms with E-state index in [0.29, 0.717) is 115 Å². The molecule has 11 nitrogen and oxygen atoms in total. The minimum atomic E-state index is -0.320. The lowest BCUT2D eigenvalue weighted by molar-refractivity contribution is 0.0936. The minimum absolute atomic E-state index is 0.171. The Morgan fingerprint density at radius 3 is 1.36 bits per heavy atom. The van der Waals surface area contributed by atoms with E-state index in [9.17, 15) is 14.4 Å². The highest BCUT2D eigenvalue weighted by Gasteiger charge is 2.25. The third-order valence-corrected chi connectivity index (χ3v) is 12.5. The van der Waals surface area contributed by atoms with Crippen molar-refractivity contribution in [2.45, 2.75) is 46.1 Å². The number of aromatic nitrogens is 4. The van der Waals surface area contributed by atoms with Gasteiger partial charge in [-0.1, -0.05) is 106 Å². The van der Waals surface area contributed by atoms with Crippen molar-refractivity contribution in [2.24, 2.45) is 0 Å². The summed E-state index contributed by atoms with van der Waals surface area (Å²) in [7, 11) is 0. The Bertz CT molecular complexity index is 2900. The van der Waals surface area contributed by atoms with E-state index in [1.54, 1.807) is 76.1 Å². The Kier molecular flexibility index (Phi) is 17.1. The van der Waals surface area contributed by atoms with Crippen molar-refractivity contribution in [1.29, 1.82) is 0 Å². The smallest absolute Gasteiger partial charge is 0.272 e. The molecule has 67 heavy (non-hydrogen) atoms. The predicted molar refractivity (Wildman–Crippen MR) is 271 cm³/mol. The summed E-state index contributed by atoms with van der Waals surface area (Å²) in [6.45, 7) is 6.30. The zero-order valence-corrected chi connectivity index (χ0v) is 41.1. The fourth-order valence-electron chi connectivity index (χ4n) is 7.53. The second-order valence-electron chi connectivity index (χ2n) is 15.7. The van der Waals surface area contributed by atoms with Crippen molar-refractivity contribution >= 4 is 87.3 Å². The monoisotopic (exact) mass is 1020 g/mol. The van der Waals surface area contributed by atoms with Crippen LogP contribution in [0.2, 0.25) is 30.1 Å². The number of unbranched alkanes of at least 4 members (excludes halogenated alkanes) is 2. The van der Waals surface area contributed by atoms with Gasteiger partial charge in [0.1, 0.15) is 0 Å². The van der Waals surface area contributed by atoms with Gasteiger partial charge < -0.3 is 21.3 Å². The molecule has 0 aliphatic heterocycles. The Labute approximate surface area is 419 Å². The van der Waals surface area contributed by atoms with E-state index >= 15 is 0 Å². The molecule has 0 aliphatic carbocycles. The molecule has 346 valence electrons. The minimum Gasteiger partial charge on any atom is -0.352 e. The summed E-state index contributed by atoms with van der Waals surface area (Å²) >= 11 is 37.8. The molecule has 0 bridgehead atoms. The Balaban J connectivity index is 0.831. The Hall–Kier alpha value is -5.37. The predicted octanol–water partition coefficient (Wildman–Crippen LogP) is 12.2. The first kappa shape index (κ1) is 49.5. The molecule has 2 heterocycles. The maximum atomic E-state index is 13.4. The van der Waals surface area contributed by atoms with E-state index in [4.69, 9.17) is 74.7 Å². The van der Waals surface area contributed by atoms with Gasteiger partial charge in [0, 0.05) is 74.1 Å². The van der Waals surface area contributed by atoms with Crippen molar-refractivity contribution in [3.63, 3.8) is 0 Å². The number of halogens is 6. The molecular weight excluding hydrogens is 973 g/mol. The number of carbonyl (C=O) groups is 3. The maximum Gasteiger partial charge on any atom is 0.272 e. The molecule has 0 aliphatic rings. The molecule has 3 amide bonds. The third kappa shape index (κ3) is 12.4. The molecular formula is C50H46Cl6N8O3. The van der Waals surface area contributed by atoms with Crippen LogP contribution in [0, 0.1) is 13.8 Å². The van der Waals surface area contributed by atoms with E-state index in [1.807, 2.05) is 56.3 Å². The average Bonchev–Trinajstić information content (AvgIpc) is 3.83. The van der Waals surface area contributed by atoms with Crippen LogP contribution in [0.5, 0.6) is 0 Å². The molecule has 0 saturated carbocycles.